The maximum Gasteiger partial charge on any atom is 0.416 e. The summed E-state index contributed by atoms with van der Waals surface area (Å²) < 4.78 is 40.4. The Morgan fingerprint density at radius 3 is 2.38 bits per heavy atom. The Morgan fingerprint density at radius 1 is 0.931 bits per heavy atom. The highest BCUT2D eigenvalue weighted by Gasteiger charge is 2.30. The van der Waals surface area contributed by atoms with Crippen LogP contribution in [0, 0.1) is 0 Å². The lowest BCUT2D eigenvalue weighted by Crippen LogP contribution is -2.13. The number of hydrogen-bond acceptors (Lipinski definition) is 1. The number of amides is 1. The number of halogens is 3. The molecule has 0 bridgehead atoms. The molecule has 0 saturated carbocycles. The topological polar surface area (TPSA) is 34.0 Å². The van der Waals surface area contributed by atoms with Crippen LogP contribution in [-0.2, 0) is 13.2 Å². The molecule has 1 N–H and O–H groups in total. The molecule has 3 aromatic carbocycles. The number of carbonyl (C=O) groups excluding carboxylic acids is 1. The molecule has 0 radical (unpaired) electrons. The molecule has 146 valence electrons. The lowest BCUT2D eigenvalue weighted by Gasteiger charge is -2.12. The Hall–Kier alpha value is -3.54. The predicted molar refractivity (Wildman–Crippen MR) is 108 cm³/mol. The summed E-state index contributed by atoms with van der Waals surface area (Å²) in [4.78, 5) is 12.9. The molecule has 29 heavy (non-hydrogen) atoms. The molecule has 0 aliphatic rings. The number of aryl methyl sites for hydroxylation is 1. The molecule has 0 fully saturated rings. The molecule has 0 aliphatic carbocycles. The van der Waals surface area contributed by atoms with E-state index >= 15 is 0 Å². The van der Waals surface area contributed by atoms with Gasteiger partial charge in [-0.25, -0.2) is 0 Å². The Morgan fingerprint density at radius 2 is 1.66 bits per heavy atom. The second kappa shape index (κ2) is 7.13. The minimum absolute atomic E-state index is 0.323. The number of fused-ring (bicyclic) bond motifs is 1. The minimum atomic E-state index is -4.40. The van der Waals surface area contributed by atoms with Gasteiger partial charge < -0.3 is 9.88 Å². The lowest BCUT2D eigenvalue weighted by atomic mass is 9.98. The van der Waals surface area contributed by atoms with Gasteiger partial charge in [0.2, 0.25) is 0 Å². The number of aromatic nitrogens is 1. The van der Waals surface area contributed by atoms with Crippen molar-refractivity contribution in [2.24, 2.45) is 7.05 Å². The highest BCUT2D eigenvalue weighted by Crippen LogP contribution is 2.32. The molecule has 0 aliphatic heterocycles. The summed E-state index contributed by atoms with van der Waals surface area (Å²) in [5.74, 6) is -0.323. The lowest BCUT2D eigenvalue weighted by molar-refractivity contribution is -0.137. The second-order valence-corrected chi connectivity index (χ2v) is 6.78. The molecule has 1 aromatic heterocycles. The van der Waals surface area contributed by atoms with Crippen LogP contribution in [0.1, 0.15) is 15.9 Å². The quantitative estimate of drug-likeness (QED) is 0.446. The molecule has 0 atom stereocenters. The molecular weight excluding hydrogens is 377 g/mol. The van der Waals surface area contributed by atoms with Crippen LogP contribution in [0.4, 0.5) is 18.9 Å². The normalized spacial score (nSPS) is 11.6. The van der Waals surface area contributed by atoms with E-state index in [-0.39, 0.29) is 5.91 Å². The van der Waals surface area contributed by atoms with Gasteiger partial charge >= 0.3 is 6.18 Å². The van der Waals surface area contributed by atoms with Crippen LogP contribution in [-0.4, -0.2) is 10.5 Å². The fraction of sp³-hybridized carbons (Fsp3) is 0.0870. The minimum Gasteiger partial charge on any atom is -0.351 e. The molecule has 4 rings (SSSR count). The van der Waals surface area contributed by atoms with Crippen molar-refractivity contribution in [1.29, 1.82) is 0 Å². The predicted octanol–water partition coefficient (Wildman–Crippen LogP) is 6.12. The Kier molecular flexibility index (Phi) is 4.62. The van der Waals surface area contributed by atoms with Gasteiger partial charge in [0.25, 0.3) is 5.91 Å². The van der Waals surface area contributed by atoms with Gasteiger partial charge in [-0.2, -0.15) is 13.2 Å². The maximum absolute atomic E-state index is 12.9. The highest BCUT2D eigenvalue weighted by atomic mass is 19.4. The SMILES string of the molecule is Cn1ccc2cc(NC(=O)c3ccccc3-c3ccc(C(F)(F)F)cc3)ccc21. The summed E-state index contributed by atoms with van der Waals surface area (Å²) >= 11 is 0. The van der Waals surface area contributed by atoms with E-state index in [1.54, 1.807) is 24.3 Å². The maximum atomic E-state index is 12.9. The summed E-state index contributed by atoms with van der Waals surface area (Å²) in [6.07, 6.45) is -2.46. The first kappa shape index (κ1) is 18.8. The average Bonchev–Trinajstić information content (AvgIpc) is 3.07. The van der Waals surface area contributed by atoms with Crippen LogP contribution in [0.2, 0.25) is 0 Å². The van der Waals surface area contributed by atoms with Gasteiger partial charge in [-0.15, -0.1) is 0 Å². The zero-order valence-electron chi connectivity index (χ0n) is 15.5. The van der Waals surface area contributed by atoms with Crippen LogP contribution < -0.4 is 5.32 Å². The Balaban J connectivity index is 1.64. The van der Waals surface area contributed by atoms with Gasteiger partial charge in [0.15, 0.2) is 0 Å². The van der Waals surface area contributed by atoms with Gasteiger partial charge in [0.05, 0.1) is 5.56 Å². The third kappa shape index (κ3) is 3.74. The van der Waals surface area contributed by atoms with Gasteiger partial charge in [0.1, 0.15) is 0 Å². The monoisotopic (exact) mass is 394 g/mol. The van der Waals surface area contributed by atoms with Crippen LogP contribution in [0.25, 0.3) is 22.0 Å². The first-order chi connectivity index (χ1) is 13.8. The molecule has 6 heteroatoms. The van der Waals surface area contributed by atoms with Crippen molar-refractivity contribution in [2.75, 3.05) is 5.32 Å². The van der Waals surface area contributed by atoms with Crippen molar-refractivity contribution in [3.05, 3.63) is 90.1 Å². The Bertz CT molecular complexity index is 1190. The van der Waals surface area contributed by atoms with Gasteiger partial charge in [-0.1, -0.05) is 30.3 Å². The van der Waals surface area contributed by atoms with Crippen molar-refractivity contribution in [2.45, 2.75) is 6.18 Å². The van der Waals surface area contributed by atoms with E-state index < -0.39 is 11.7 Å². The highest BCUT2D eigenvalue weighted by molar-refractivity contribution is 6.09. The molecule has 0 saturated heterocycles. The van der Waals surface area contributed by atoms with Crippen molar-refractivity contribution in [3.8, 4) is 11.1 Å². The first-order valence-corrected chi connectivity index (χ1v) is 8.96. The van der Waals surface area contributed by atoms with E-state index in [1.165, 1.54) is 12.1 Å². The van der Waals surface area contributed by atoms with E-state index in [1.807, 2.05) is 42.1 Å². The van der Waals surface area contributed by atoms with Crippen LogP contribution in [0.3, 0.4) is 0 Å². The summed E-state index contributed by atoms with van der Waals surface area (Å²) in [6.45, 7) is 0. The fourth-order valence-electron chi connectivity index (χ4n) is 3.33. The summed E-state index contributed by atoms with van der Waals surface area (Å²) in [5, 5.41) is 3.88. The number of nitrogens with one attached hydrogen (secondary N) is 1. The third-order valence-electron chi connectivity index (χ3n) is 4.84. The number of anilines is 1. The van der Waals surface area contributed by atoms with E-state index in [2.05, 4.69) is 5.32 Å². The average molecular weight is 394 g/mol. The molecule has 0 spiro atoms. The van der Waals surface area contributed by atoms with E-state index in [4.69, 9.17) is 0 Å². The number of hydrogen-bond donors (Lipinski definition) is 1. The van der Waals surface area contributed by atoms with Gasteiger partial charge in [0, 0.05) is 35.4 Å². The van der Waals surface area contributed by atoms with Crippen LogP contribution in [0.5, 0.6) is 0 Å². The van der Waals surface area contributed by atoms with E-state index in [9.17, 15) is 18.0 Å². The molecule has 3 nitrogen and oxygen atoms in total. The molecule has 0 unspecified atom stereocenters. The summed E-state index contributed by atoms with van der Waals surface area (Å²) in [7, 11) is 1.95. The van der Waals surface area contributed by atoms with Crippen molar-refractivity contribution >= 4 is 22.5 Å². The largest absolute Gasteiger partial charge is 0.416 e. The van der Waals surface area contributed by atoms with Crippen molar-refractivity contribution in [1.82, 2.24) is 4.57 Å². The number of benzene rings is 3. The van der Waals surface area contributed by atoms with Crippen molar-refractivity contribution < 1.29 is 18.0 Å². The first-order valence-electron chi connectivity index (χ1n) is 8.96. The number of nitrogens with zero attached hydrogens (tertiary/aromatic N) is 1. The zero-order valence-corrected chi connectivity index (χ0v) is 15.5. The smallest absolute Gasteiger partial charge is 0.351 e. The number of alkyl halides is 3. The Labute approximate surface area is 165 Å². The van der Waals surface area contributed by atoms with Crippen LogP contribution in [0.15, 0.2) is 79.0 Å². The van der Waals surface area contributed by atoms with Crippen LogP contribution >= 0.6 is 0 Å². The fourth-order valence-corrected chi connectivity index (χ4v) is 3.33. The molecule has 4 aromatic rings. The molecular formula is C23H17F3N2O. The second-order valence-electron chi connectivity index (χ2n) is 6.78. The number of rotatable bonds is 3. The third-order valence-corrected chi connectivity index (χ3v) is 4.84. The standard InChI is InChI=1S/C23H17F3N2O/c1-28-13-12-16-14-18(10-11-21(16)28)27-22(29)20-5-3-2-4-19(20)15-6-8-17(9-7-15)23(24,25)26/h2-14H,1H3,(H,27,29). The number of carbonyl (C=O) groups is 1. The summed E-state index contributed by atoms with van der Waals surface area (Å²) in [6, 6.07) is 19.2. The van der Waals surface area contributed by atoms with E-state index in [0.29, 0.717) is 22.4 Å². The zero-order chi connectivity index (χ0) is 20.6. The molecule has 1 amide bonds. The van der Waals surface area contributed by atoms with Gasteiger partial charge in [-0.05, 0) is 53.6 Å². The summed E-state index contributed by atoms with van der Waals surface area (Å²) in [5.41, 5.74) is 2.48. The molecule has 1 heterocycles. The van der Waals surface area contributed by atoms with Crippen molar-refractivity contribution in [3.63, 3.8) is 0 Å². The van der Waals surface area contributed by atoms with E-state index in [0.717, 1.165) is 23.0 Å². The van der Waals surface area contributed by atoms with Gasteiger partial charge in [-0.3, -0.25) is 4.79 Å².